The summed E-state index contributed by atoms with van der Waals surface area (Å²) in [6, 6.07) is -0.158. The first-order chi connectivity index (χ1) is 11.8. The summed E-state index contributed by atoms with van der Waals surface area (Å²) in [7, 11) is 0. The highest BCUT2D eigenvalue weighted by molar-refractivity contribution is 5.83. The molecule has 4 atom stereocenters. The molecule has 2 saturated heterocycles. The molecule has 2 rings (SSSR count). The Balaban J connectivity index is 2.07. The highest BCUT2D eigenvalue weighted by Crippen LogP contribution is 2.24. The van der Waals surface area contributed by atoms with Crippen molar-refractivity contribution < 1.29 is 19.1 Å². The molecule has 2 aliphatic heterocycles. The Labute approximate surface area is 151 Å². The molecule has 0 spiro atoms. The van der Waals surface area contributed by atoms with Crippen molar-refractivity contribution in [1.82, 2.24) is 9.80 Å². The van der Waals surface area contributed by atoms with Crippen LogP contribution in [-0.2, 0) is 19.1 Å². The summed E-state index contributed by atoms with van der Waals surface area (Å²) >= 11 is 0. The first-order valence-electron chi connectivity index (χ1n) is 9.68. The molecule has 25 heavy (non-hydrogen) atoms. The summed E-state index contributed by atoms with van der Waals surface area (Å²) in [5.74, 6) is 0.000908. The topological polar surface area (TPSA) is 59.1 Å². The predicted octanol–water partition coefficient (Wildman–Crippen LogP) is 1.92. The lowest BCUT2D eigenvalue weighted by Gasteiger charge is -2.43. The minimum Gasteiger partial charge on any atom is -0.466 e. The van der Waals surface area contributed by atoms with E-state index in [4.69, 9.17) is 9.47 Å². The van der Waals surface area contributed by atoms with Crippen LogP contribution in [0.3, 0.4) is 0 Å². The molecule has 4 unspecified atom stereocenters. The summed E-state index contributed by atoms with van der Waals surface area (Å²) in [6.07, 6.45) is 1.93. The quantitative estimate of drug-likeness (QED) is 0.706. The van der Waals surface area contributed by atoms with Crippen LogP contribution >= 0.6 is 0 Å². The summed E-state index contributed by atoms with van der Waals surface area (Å²) in [5.41, 5.74) is 0. The van der Waals surface area contributed by atoms with E-state index >= 15 is 0 Å². The Morgan fingerprint density at radius 3 is 2.36 bits per heavy atom. The van der Waals surface area contributed by atoms with Gasteiger partial charge < -0.3 is 14.4 Å². The second kappa shape index (κ2) is 8.99. The number of ether oxygens (including phenoxy) is 2. The van der Waals surface area contributed by atoms with Gasteiger partial charge in [0.25, 0.3) is 0 Å². The molecule has 0 saturated carbocycles. The first-order valence-corrected chi connectivity index (χ1v) is 9.68. The average Bonchev–Trinajstić information content (AvgIpc) is 2.54. The second-order valence-corrected chi connectivity index (χ2v) is 7.78. The van der Waals surface area contributed by atoms with Gasteiger partial charge in [0.05, 0.1) is 30.8 Å². The van der Waals surface area contributed by atoms with Crippen LogP contribution < -0.4 is 0 Å². The number of morpholine rings is 1. The Kier molecular flexibility index (Phi) is 7.25. The van der Waals surface area contributed by atoms with Crippen molar-refractivity contribution in [3.8, 4) is 0 Å². The molecule has 0 radical (unpaired) electrons. The SMILES string of the molecule is CCOC(=O)C1CCCN(C(=O)C(C(C)C)N2CC(C)OC(C)C2)C1. The van der Waals surface area contributed by atoms with Gasteiger partial charge in [-0.25, -0.2) is 0 Å². The third-order valence-electron chi connectivity index (χ3n) is 5.08. The summed E-state index contributed by atoms with van der Waals surface area (Å²) < 4.78 is 11.0. The monoisotopic (exact) mass is 354 g/mol. The van der Waals surface area contributed by atoms with E-state index < -0.39 is 0 Å². The number of rotatable bonds is 5. The molecule has 6 nitrogen and oxygen atoms in total. The Morgan fingerprint density at radius 1 is 1.16 bits per heavy atom. The van der Waals surface area contributed by atoms with Gasteiger partial charge in [0.1, 0.15) is 0 Å². The minimum absolute atomic E-state index is 0.131. The van der Waals surface area contributed by atoms with E-state index in [0.29, 0.717) is 13.2 Å². The van der Waals surface area contributed by atoms with E-state index in [9.17, 15) is 9.59 Å². The Hall–Kier alpha value is -1.14. The fraction of sp³-hybridized carbons (Fsp3) is 0.895. The van der Waals surface area contributed by atoms with Crippen molar-refractivity contribution in [2.45, 2.75) is 65.7 Å². The van der Waals surface area contributed by atoms with Crippen molar-refractivity contribution in [2.75, 3.05) is 32.8 Å². The molecule has 0 aromatic rings. The molecule has 0 bridgehead atoms. The zero-order chi connectivity index (χ0) is 18.6. The number of hydrogen-bond donors (Lipinski definition) is 0. The molecule has 2 fully saturated rings. The van der Waals surface area contributed by atoms with Gasteiger partial charge in [0, 0.05) is 26.2 Å². The van der Waals surface area contributed by atoms with Crippen LogP contribution in [0.15, 0.2) is 0 Å². The highest BCUT2D eigenvalue weighted by atomic mass is 16.5. The average molecular weight is 354 g/mol. The molecule has 0 aliphatic carbocycles. The van der Waals surface area contributed by atoms with Crippen LogP contribution in [0.25, 0.3) is 0 Å². The van der Waals surface area contributed by atoms with Gasteiger partial charge in [-0.05, 0) is 39.5 Å². The van der Waals surface area contributed by atoms with Gasteiger partial charge in [-0.2, -0.15) is 0 Å². The number of esters is 1. The number of amides is 1. The van der Waals surface area contributed by atoms with Gasteiger partial charge in [-0.1, -0.05) is 13.8 Å². The first kappa shape index (κ1) is 20.2. The maximum absolute atomic E-state index is 13.3. The lowest BCUT2D eigenvalue weighted by atomic mass is 9.94. The largest absolute Gasteiger partial charge is 0.466 e. The fourth-order valence-corrected chi connectivity index (χ4v) is 4.12. The molecule has 2 aliphatic rings. The minimum atomic E-state index is -0.187. The molecule has 144 valence electrons. The molecular weight excluding hydrogens is 320 g/mol. The zero-order valence-electron chi connectivity index (χ0n) is 16.4. The number of hydrogen-bond acceptors (Lipinski definition) is 5. The van der Waals surface area contributed by atoms with Gasteiger partial charge >= 0.3 is 5.97 Å². The van der Waals surface area contributed by atoms with Crippen LogP contribution in [-0.4, -0.2) is 72.7 Å². The standard InChI is InChI=1S/C19H34N2O4/c1-6-24-19(23)16-8-7-9-20(12-16)18(22)17(13(2)3)21-10-14(4)25-15(5)11-21/h13-17H,6-12H2,1-5H3. The predicted molar refractivity (Wildman–Crippen MR) is 96.1 cm³/mol. The van der Waals surface area contributed by atoms with Gasteiger partial charge in [-0.3, -0.25) is 14.5 Å². The molecule has 0 N–H and O–H groups in total. The lowest BCUT2D eigenvalue weighted by molar-refractivity contribution is -0.154. The van der Waals surface area contributed by atoms with Crippen LogP contribution in [0, 0.1) is 11.8 Å². The van der Waals surface area contributed by atoms with Gasteiger partial charge in [0.2, 0.25) is 5.91 Å². The van der Waals surface area contributed by atoms with Crippen molar-refractivity contribution >= 4 is 11.9 Å². The van der Waals surface area contributed by atoms with E-state index in [1.807, 2.05) is 11.8 Å². The van der Waals surface area contributed by atoms with Crippen LogP contribution in [0.2, 0.25) is 0 Å². The summed E-state index contributed by atoms with van der Waals surface area (Å²) in [4.78, 5) is 29.5. The number of nitrogens with zero attached hydrogens (tertiary/aromatic N) is 2. The molecule has 0 aromatic carbocycles. The highest BCUT2D eigenvalue weighted by Gasteiger charge is 2.38. The molecular formula is C19H34N2O4. The fourth-order valence-electron chi connectivity index (χ4n) is 4.12. The van der Waals surface area contributed by atoms with Crippen LogP contribution in [0.5, 0.6) is 0 Å². The van der Waals surface area contributed by atoms with Crippen LogP contribution in [0.4, 0.5) is 0 Å². The number of carbonyl (C=O) groups is 2. The van der Waals surface area contributed by atoms with Crippen molar-refractivity contribution in [3.05, 3.63) is 0 Å². The molecule has 0 aromatic heterocycles. The lowest BCUT2D eigenvalue weighted by Crippen LogP contribution is -2.58. The van der Waals surface area contributed by atoms with Crippen molar-refractivity contribution in [2.24, 2.45) is 11.8 Å². The number of piperidine rings is 1. The van der Waals surface area contributed by atoms with E-state index in [1.165, 1.54) is 0 Å². The number of carbonyl (C=O) groups excluding carboxylic acids is 2. The third-order valence-corrected chi connectivity index (χ3v) is 5.08. The Morgan fingerprint density at radius 2 is 1.80 bits per heavy atom. The summed E-state index contributed by atoms with van der Waals surface area (Å²) in [5, 5.41) is 0. The van der Waals surface area contributed by atoms with Gasteiger partial charge in [0.15, 0.2) is 0 Å². The third kappa shape index (κ3) is 5.17. The van der Waals surface area contributed by atoms with Crippen molar-refractivity contribution in [3.63, 3.8) is 0 Å². The van der Waals surface area contributed by atoms with E-state index in [1.54, 1.807) is 0 Å². The number of likely N-dealkylation sites (tertiary alicyclic amines) is 1. The van der Waals surface area contributed by atoms with E-state index in [0.717, 1.165) is 32.5 Å². The van der Waals surface area contributed by atoms with Crippen molar-refractivity contribution in [1.29, 1.82) is 0 Å². The molecule has 1 amide bonds. The molecule has 2 heterocycles. The smallest absolute Gasteiger partial charge is 0.310 e. The van der Waals surface area contributed by atoms with Crippen LogP contribution in [0.1, 0.15) is 47.5 Å². The molecule has 6 heteroatoms. The maximum atomic E-state index is 13.3. The summed E-state index contributed by atoms with van der Waals surface area (Å²) in [6.45, 7) is 13.3. The van der Waals surface area contributed by atoms with E-state index in [2.05, 4.69) is 32.6 Å². The maximum Gasteiger partial charge on any atom is 0.310 e. The normalized spacial score (nSPS) is 29.5. The van der Waals surface area contributed by atoms with E-state index in [-0.39, 0.29) is 42.0 Å². The zero-order valence-corrected chi connectivity index (χ0v) is 16.4. The van der Waals surface area contributed by atoms with Gasteiger partial charge in [-0.15, -0.1) is 0 Å². The Bertz CT molecular complexity index is 458. The second-order valence-electron chi connectivity index (χ2n) is 7.78.